The highest BCUT2D eigenvalue weighted by molar-refractivity contribution is 6.28. The molecule has 0 aromatic heterocycles. The van der Waals surface area contributed by atoms with Gasteiger partial charge in [0, 0.05) is 6.42 Å². The maximum absolute atomic E-state index is 10.7. The van der Waals surface area contributed by atoms with E-state index in [9.17, 15) is 9.90 Å². The van der Waals surface area contributed by atoms with Gasteiger partial charge >= 0.3 is 5.90 Å². The Morgan fingerprint density at radius 2 is 2.00 bits per heavy atom. The number of rotatable bonds is 8. The Balaban J connectivity index is 2.17. The van der Waals surface area contributed by atoms with E-state index in [1.807, 2.05) is 0 Å². The van der Waals surface area contributed by atoms with Gasteiger partial charge in [-0.1, -0.05) is 32.6 Å². The third-order valence-electron chi connectivity index (χ3n) is 2.84. The number of hydrogen-bond donors (Lipinski definition) is 0. The van der Waals surface area contributed by atoms with Gasteiger partial charge in [0.2, 0.25) is 0 Å². The van der Waals surface area contributed by atoms with Crippen LogP contribution in [0.25, 0.3) is 0 Å². The Kier molecular flexibility index (Phi) is 5.90. The van der Waals surface area contributed by atoms with Crippen molar-refractivity contribution < 1.29 is 19.2 Å². The van der Waals surface area contributed by atoms with Crippen molar-refractivity contribution in [3.63, 3.8) is 0 Å². The van der Waals surface area contributed by atoms with Crippen LogP contribution < -0.4 is 5.11 Å². The maximum atomic E-state index is 10.7. The van der Waals surface area contributed by atoms with Crippen LogP contribution in [0.15, 0.2) is 0 Å². The van der Waals surface area contributed by atoms with Crippen molar-refractivity contribution in [3.8, 4) is 0 Å². The highest BCUT2D eigenvalue weighted by Crippen LogP contribution is 2.06. The minimum absolute atomic E-state index is 0.0218. The van der Waals surface area contributed by atoms with Gasteiger partial charge in [0.1, 0.15) is 6.54 Å². The minimum atomic E-state index is -1.19. The predicted molar refractivity (Wildman–Crippen MR) is 59.3 cm³/mol. The number of carbonyl (C=O) groups excluding carboxylic acids is 1. The number of hydrogen-bond acceptors (Lipinski definition) is 3. The van der Waals surface area contributed by atoms with Crippen LogP contribution in [0.5, 0.6) is 0 Å². The van der Waals surface area contributed by atoms with Gasteiger partial charge in [-0.2, -0.15) is 4.58 Å². The SMILES string of the molecule is CCCCCCCC[N+]1=C(C(=O)[O-])OCC1. The number of aliphatic carboxylic acids is 1. The number of unbranched alkanes of at least 4 members (excludes halogenated alkanes) is 5. The van der Waals surface area contributed by atoms with Gasteiger partial charge in [-0.05, 0) is 6.42 Å². The van der Waals surface area contributed by atoms with Crippen molar-refractivity contribution >= 4 is 11.9 Å². The van der Waals surface area contributed by atoms with Crippen LogP contribution in [-0.4, -0.2) is 36.1 Å². The van der Waals surface area contributed by atoms with Crippen LogP contribution in [0, 0.1) is 0 Å². The molecule has 4 heteroatoms. The zero-order valence-electron chi connectivity index (χ0n) is 10.0. The zero-order chi connectivity index (χ0) is 11.8. The summed E-state index contributed by atoms with van der Waals surface area (Å²) in [4.78, 5) is 10.7. The molecule has 0 unspecified atom stereocenters. The van der Waals surface area contributed by atoms with Crippen LogP contribution in [0.1, 0.15) is 45.4 Å². The van der Waals surface area contributed by atoms with Crippen molar-refractivity contribution in [1.82, 2.24) is 0 Å². The standard InChI is InChI=1S/C12H21NO3/c1-2-3-4-5-6-7-8-13-9-10-16-11(13)12(14)15/h2-10H2,1H3. The summed E-state index contributed by atoms with van der Waals surface area (Å²) < 4.78 is 6.78. The first-order valence-electron chi connectivity index (χ1n) is 6.21. The van der Waals surface area contributed by atoms with E-state index in [0.29, 0.717) is 13.2 Å². The first-order chi connectivity index (χ1) is 7.75. The molecule has 0 radical (unpaired) electrons. The second-order valence-electron chi connectivity index (χ2n) is 4.20. The van der Waals surface area contributed by atoms with E-state index in [2.05, 4.69) is 6.92 Å². The smallest absolute Gasteiger partial charge is 0.386 e. The largest absolute Gasteiger partial charge is 0.537 e. The molecule has 4 nitrogen and oxygen atoms in total. The number of nitrogens with zero attached hydrogens (tertiary/aromatic N) is 1. The lowest BCUT2D eigenvalue weighted by molar-refractivity contribution is -0.520. The van der Waals surface area contributed by atoms with Crippen LogP contribution >= 0.6 is 0 Å². The van der Waals surface area contributed by atoms with Gasteiger partial charge in [0.05, 0.1) is 0 Å². The third-order valence-corrected chi connectivity index (χ3v) is 2.84. The highest BCUT2D eigenvalue weighted by Gasteiger charge is 2.24. The van der Waals surface area contributed by atoms with Crippen molar-refractivity contribution in [2.24, 2.45) is 0 Å². The molecule has 0 saturated carbocycles. The molecular weight excluding hydrogens is 206 g/mol. The quantitative estimate of drug-likeness (QED) is 0.449. The molecule has 0 amide bonds. The predicted octanol–water partition coefficient (Wildman–Crippen LogP) is 0.538. The maximum Gasteiger partial charge on any atom is 0.386 e. The summed E-state index contributed by atoms with van der Waals surface area (Å²) in [5.41, 5.74) is 0. The van der Waals surface area contributed by atoms with Crippen LogP contribution in [0.4, 0.5) is 0 Å². The molecule has 1 aliphatic rings. The number of ether oxygens (including phenoxy) is 1. The van der Waals surface area contributed by atoms with Gasteiger partial charge in [0.25, 0.3) is 0 Å². The van der Waals surface area contributed by atoms with Crippen molar-refractivity contribution in [2.75, 3.05) is 19.7 Å². The third kappa shape index (κ3) is 4.21. The van der Waals surface area contributed by atoms with Crippen molar-refractivity contribution in [1.29, 1.82) is 0 Å². The fourth-order valence-electron chi connectivity index (χ4n) is 1.93. The molecule has 16 heavy (non-hydrogen) atoms. The monoisotopic (exact) mass is 227 g/mol. The topological polar surface area (TPSA) is 52.4 Å². The van der Waals surface area contributed by atoms with Gasteiger partial charge in [-0.25, -0.2) is 0 Å². The number of carbonyl (C=O) groups is 1. The van der Waals surface area contributed by atoms with E-state index < -0.39 is 5.97 Å². The molecule has 0 fully saturated rings. The molecule has 0 spiro atoms. The summed E-state index contributed by atoms with van der Waals surface area (Å²) in [6, 6.07) is 0. The first kappa shape index (κ1) is 13.0. The fourth-order valence-corrected chi connectivity index (χ4v) is 1.93. The molecule has 0 saturated heterocycles. The average Bonchev–Trinajstić information content (AvgIpc) is 2.71. The molecule has 0 atom stereocenters. The highest BCUT2D eigenvalue weighted by atomic mass is 16.5. The summed E-state index contributed by atoms with van der Waals surface area (Å²) in [7, 11) is 0. The molecule has 1 heterocycles. The van der Waals surface area contributed by atoms with E-state index in [-0.39, 0.29) is 5.90 Å². The molecule has 0 N–H and O–H groups in total. The Morgan fingerprint density at radius 1 is 1.31 bits per heavy atom. The summed E-state index contributed by atoms with van der Waals surface area (Å²) in [5, 5.41) is 10.7. The lowest BCUT2D eigenvalue weighted by Crippen LogP contribution is -2.36. The second-order valence-corrected chi connectivity index (χ2v) is 4.20. The van der Waals surface area contributed by atoms with Gasteiger partial charge in [-0.3, -0.25) is 0 Å². The van der Waals surface area contributed by atoms with Gasteiger partial charge in [0.15, 0.2) is 19.1 Å². The molecule has 1 aliphatic heterocycles. The van der Waals surface area contributed by atoms with Gasteiger partial charge in [-0.15, -0.1) is 0 Å². The van der Waals surface area contributed by atoms with Crippen molar-refractivity contribution in [2.45, 2.75) is 45.4 Å². The van der Waals surface area contributed by atoms with Crippen molar-refractivity contribution in [3.05, 3.63) is 0 Å². The lowest BCUT2D eigenvalue weighted by Gasteiger charge is -2.01. The van der Waals surface area contributed by atoms with E-state index >= 15 is 0 Å². The molecule has 0 aromatic rings. The normalized spacial score (nSPS) is 15.3. The van der Waals surface area contributed by atoms with E-state index in [0.717, 1.165) is 19.4 Å². The Morgan fingerprint density at radius 3 is 2.69 bits per heavy atom. The average molecular weight is 227 g/mol. The summed E-state index contributed by atoms with van der Waals surface area (Å²) in [5.74, 6) is -1.17. The van der Waals surface area contributed by atoms with E-state index in [4.69, 9.17) is 4.74 Å². The van der Waals surface area contributed by atoms with Crippen LogP contribution in [-0.2, 0) is 9.53 Å². The number of carboxylic acids is 1. The zero-order valence-corrected chi connectivity index (χ0v) is 10.0. The van der Waals surface area contributed by atoms with Crippen LogP contribution in [0.2, 0.25) is 0 Å². The number of carboxylic acid groups (broad SMARTS) is 1. The summed E-state index contributed by atoms with van der Waals surface area (Å²) in [6.07, 6.45) is 7.26. The summed E-state index contributed by atoms with van der Waals surface area (Å²) >= 11 is 0. The molecule has 92 valence electrons. The van der Waals surface area contributed by atoms with E-state index in [1.165, 1.54) is 25.7 Å². The molecular formula is C12H21NO3. The molecule has 1 rings (SSSR count). The molecule has 0 aromatic carbocycles. The Hall–Kier alpha value is -1.06. The molecule has 0 aliphatic carbocycles. The molecule has 0 bridgehead atoms. The lowest BCUT2D eigenvalue weighted by atomic mass is 10.1. The Bertz CT molecular complexity index is 261. The van der Waals surface area contributed by atoms with Gasteiger partial charge < -0.3 is 14.6 Å². The minimum Gasteiger partial charge on any atom is -0.537 e. The second kappa shape index (κ2) is 7.25. The first-order valence-corrected chi connectivity index (χ1v) is 6.21. The fraction of sp³-hybridized carbons (Fsp3) is 0.833. The van der Waals surface area contributed by atoms with Crippen LogP contribution in [0.3, 0.4) is 0 Å². The summed E-state index contributed by atoms with van der Waals surface area (Å²) in [6.45, 7) is 4.12. The van der Waals surface area contributed by atoms with E-state index in [1.54, 1.807) is 4.58 Å². The Labute approximate surface area is 96.9 Å².